The Morgan fingerprint density at radius 1 is 0.361 bits per heavy atom. The molecule has 0 amide bonds. The van der Waals surface area contributed by atoms with Crippen molar-refractivity contribution < 1.29 is 58.2 Å². The van der Waals surface area contributed by atoms with Gasteiger partial charge in [-0.2, -0.15) is 0 Å². The van der Waals surface area contributed by atoms with E-state index in [1.165, 1.54) is 0 Å². The quantitative estimate of drug-likeness (QED) is 0.161. The smallest absolute Gasteiger partial charge is 0.227 e. The Balaban J connectivity index is 1.36. The summed E-state index contributed by atoms with van der Waals surface area (Å²) in [7, 11) is 0. The van der Waals surface area contributed by atoms with Crippen molar-refractivity contribution in [2.45, 2.75) is 0 Å². The van der Waals surface area contributed by atoms with Crippen LogP contribution >= 0.6 is 0 Å². The van der Waals surface area contributed by atoms with E-state index in [1.807, 2.05) is 0 Å². The number of para-hydroxylation sites is 3. The maximum absolute atomic E-state index is 10.3. The highest BCUT2D eigenvalue weighted by atomic mass is 16.3. The molecule has 0 atom stereocenters. The van der Waals surface area contributed by atoms with Gasteiger partial charge in [-0.25, -0.2) is 4.98 Å². The summed E-state index contributed by atoms with van der Waals surface area (Å²) in [6.45, 7) is 0. The average molecular weight is 817 g/mol. The molecule has 61 heavy (non-hydrogen) atoms. The Kier molecular flexibility index (Phi) is 3.32. The fourth-order valence-corrected chi connectivity index (χ4v) is 6.67. The van der Waals surface area contributed by atoms with Crippen molar-refractivity contribution in [2.75, 3.05) is 4.90 Å². The van der Waals surface area contributed by atoms with Crippen molar-refractivity contribution in [3.63, 3.8) is 0 Å². The number of fused-ring (bicyclic) bond motifs is 7. The molecule has 2 aromatic heterocycles. The Bertz CT molecular complexity index is 5440. The maximum Gasteiger partial charge on any atom is 0.227 e. The molecular weight excluding hydrogens is 745 g/mol. The van der Waals surface area contributed by atoms with Crippen molar-refractivity contribution in [1.82, 2.24) is 4.98 Å². The van der Waals surface area contributed by atoms with Crippen LogP contribution in [0.3, 0.4) is 0 Å². The van der Waals surface area contributed by atoms with Gasteiger partial charge < -0.3 is 13.7 Å². The highest BCUT2D eigenvalue weighted by Gasteiger charge is 2.23. The van der Waals surface area contributed by atoms with Gasteiger partial charge in [0.2, 0.25) is 5.89 Å². The molecule has 0 aliphatic heterocycles. The minimum Gasteiger partial charge on any atom is -0.455 e. The molecule has 0 saturated heterocycles. The minimum atomic E-state index is -1.43. The summed E-state index contributed by atoms with van der Waals surface area (Å²) in [6, 6.07) is -39.5. The van der Waals surface area contributed by atoms with Crippen LogP contribution in [0.1, 0.15) is 49.3 Å². The van der Waals surface area contributed by atoms with Gasteiger partial charge in [-0.15, -0.1) is 0 Å². The molecule has 0 N–H and O–H groups in total. The third kappa shape index (κ3) is 5.88. The van der Waals surface area contributed by atoms with Crippen LogP contribution in [0.5, 0.6) is 0 Å². The lowest BCUT2D eigenvalue weighted by molar-refractivity contribution is 0.620. The van der Waals surface area contributed by atoms with E-state index in [1.54, 1.807) is 0 Å². The van der Waals surface area contributed by atoms with Crippen LogP contribution in [-0.2, 0) is 0 Å². The highest BCUT2D eigenvalue weighted by Crippen LogP contribution is 2.48. The van der Waals surface area contributed by atoms with Crippen LogP contribution < -0.4 is 4.90 Å². The van der Waals surface area contributed by atoms with Gasteiger partial charge in [-0.3, -0.25) is 0 Å². The summed E-state index contributed by atoms with van der Waals surface area (Å²) < 4.78 is 341. The fraction of sp³-hybridized carbons (Fsp3) is 0. The first-order valence-corrected chi connectivity index (χ1v) is 17.7. The number of furan rings is 1. The van der Waals surface area contributed by atoms with E-state index in [2.05, 4.69) is 4.98 Å². The summed E-state index contributed by atoms with van der Waals surface area (Å²) in [5.41, 5.74) is -13.2. The van der Waals surface area contributed by atoms with Crippen LogP contribution in [0.2, 0.25) is 0 Å². The molecule has 0 spiro atoms. The van der Waals surface area contributed by atoms with Gasteiger partial charge in [0.25, 0.3) is 0 Å². The molecule has 0 radical (unpaired) electrons. The van der Waals surface area contributed by atoms with Crippen molar-refractivity contribution in [3.05, 3.63) is 218 Å². The highest BCUT2D eigenvalue weighted by molar-refractivity contribution is 6.23. The molecule has 0 unspecified atom stereocenters. The Morgan fingerprint density at radius 3 is 1.54 bits per heavy atom. The number of hydrogen-bond donors (Lipinski definition) is 0. The molecule has 0 bridgehead atoms. The molecule has 0 saturated carbocycles. The number of aromatic nitrogens is 1. The zero-order chi connectivity index (χ0) is 71.6. The predicted molar refractivity (Wildman–Crippen MR) is 253 cm³/mol. The van der Waals surface area contributed by atoms with Gasteiger partial charge in [0.05, 0.1) is 55.0 Å². The standard InChI is InChI=1S/C57H36N2O2/c1-3-13-37(14-4-1)39-23-27-41(28-24-39)59(42-29-25-40(26-30-42)38-15-5-2-6-16-38)52-36-35-47(55-50(52)34-32-48-46-19-9-11-21-53(46)60-56(48)55)45-31-33-49(44-18-8-7-17-43(44)45)57-58-51-20-10-12-22-54(51)61-57/h1-36H/i1D,2D,3D,4D,5D,6D,7D,8D,9D,10D,11D,12D,13D,14D,15D,16D,17D,18D,19D,20D,21D,22D,23D,24D,25D,26D,27D,28D,29D,30D,31D,32D,33D,34D,35D,36D. The first-order chi connectivity index (χ1) is 45.2. The number of anilines is 3. The molecular formula is C57H36N2O2. The van der Waals surface area contributed by atoms with E-state index in [9.17, 15) is 21.9 Å². The van der Waals surface area contributed by atoms with Crippen molar-refractivity contribution >= 4 is 71.6 Å². The van der Waals surface area contributed by atoms with E-state index in [0.29, 0.717) is 0 Å². The van der Waals surface area contributed by atoms with E-state index in [-0.39, 0.29) is 4.90 Å². The largest absolute Gasteiger partial charge is 0.455 e. The zero-order valence-electron chi connectivity index (χ0n) is 66.2. The monoisotopic (exact) mass is 817 g/mol. The van der Waals surface area contributed by atoms with Gasteiger partial charge in [-0.05, 0) is 105 Å². The van der Waals surface area contributed by atoms with Crippen LogP contribution in [-0.4, -0.2) is 4.98 Å². The van der Waals surface area contributed by atoms with Crippen LogP contribution in [0, 0.1) is 0 Å². The predicted octanol–water partition coefficient (Wildman–Crippen LogP) is 16.2. The second-order valence-electron chi connectivity index (χ2n) is 12.7. The van der Waals surface area contributed by atoms with Gasteiger partial charge >= 0.3 is 0 Å². The van der Waals surface area contributed by atoms with Crippen LogP contribution in [0.15, 0.2) is 226 Å². The van der Waals surface area contributed by atoms with Crippen molar-refractivity contribution in [1.29, 1.82) is 0 Å². The van der Waals surface area contributed by atoms with E-state index in [4.69, 9.17) is 36.2 Å². The average Bonchev–Trinajstić information content (AvgIpc) is 1.68. The minimum absolute atomic E-state index is 0.275. The molecule has 0 aliphatic carbocycles. The van der Waals surface area contributed by atoms with Crippen LogP contribution in [0.25, 0.3) is 99.4 Å². The first kappa shape index (κ1) is 14.2. The number of rotatable bonds is 7. The molecule has 0 aliphatic rings. The normalized spacial score (nSPS) is 19.9. The summed E-state index contributed by atoms with van der Waals surface area (Å²) in [5, 5.41) is -5.03. The molecule has 0 fully saturated rings. The molecule has 12 aromatic rings. The molecule has 4 nitrogen and oxygen atoms in total. The van der Waals surface area contributed by atoms with Gasteiger partial charge in [0.1, 0.15) is 16.7 Å². The second-order valence-corrected chi connectivity index (χ2v) is 12.7. The van der Waals surface area contributed by atoms with Gasteiger partial charge in [0, 0.05) is 38.5 Å². The second kappa shape index (κ2) is 14.3. The molecule has 12 rings (SSSR count). The molecule has 4 heteroatoms. The van der Waals surface area contributed by atoms with E-state index < -0.39 is 334 Å². The fourth-order valence-electron chi connectivity index (χ4n) is 6.67. The summed E-state index contributed by atoms with van der Waals surface area (Å²) in [4.78, 5) is 4.49. The topological polar surface area (TPSA) is 42.4 Å². The first-order valence-electron chi connectivity index (χ1n) is 35.7. The Hall–Kier alpha value is -8.21. The summed E-state index contributed by atoms with van der Waals surface area (Å²) in [6.07, 6.45) is 0. The number of hydrogen-bond acceptors (Lipinski definition) is 4. The van der Waals surface area contributed by atoms with Crippen molar-refractivity contribution in [3.8, 4) is 44.8 Å². The van der Waals surface area contributed by atoms with Crippen molar-refractivity contribution in [2.24, 2.45) is 0 Å². The third-order valence-corrected chi connectivity index (χ3v) is 9.32. The lowest BCUT2D eigenvalue weighted by atomic mass is 9.90. The van der Waals surface area contributed by atoms with Gasteiger partial charge in [0.15, 0.2) is 5.58 Å². The Labute approximate surface area is 402 Å². The molecule has 286 valence electrons. The maximum atomic E-state index is 10.3. The van der Waals surface area contributed by atoms with Crippen LogP contribution in [0.4, 0.5) is 17.1 Å². The van der Waals surface area contributed by atoms with E-state index >= 15 is 0 Å². The summed E-state index contributed by atoms with van der Waals surface area (Å²) in [5.74, 6) is -0.824. The molecule has 10 aromatic carbocycles. The lowest BCUT2D eigenvalue weighted by Crippen LogP contribution is -2.10. The number of benzene rings is 10. The number of nitrogens with zero attached hydrogens (tertiary/aromatic N) is 2. The van der Waals surface area contributed by atoms with Gasteiger partial charge in [-0.1, -0.05) is 157 Å². The zero-order valence-corrected chi connectivity index (χ0v) is 30.2. The third-order valence-electron chi connectivity index (χ3n) is 9.32. The lowest BCUT2D eigenvalue weighted by Gasteiger charge is -2.28. The Morgan fingerprint density at radius 2 is 0.869 bits per heavy atom. The SMILES string of the molecule is [2H]c1c([2H])c([2H])c(-c2c([2H])c([2H])c(N(c3c([2H])c([2H])c(-c4c([2H])c([2H])c([2H])c([2H])c4[2H])c([2H])c3[2H])c3c([2H])c([2H])c(-c4c([2H])c([2H])c(-c5nc6c([2H])c([2H])c([2H])c([2H])c6o5)c5c([2H])c([2H])c([2H])c([2H])c45)c4c3c([2H])c([2H])c3c4oc4c([2H])c([2H])c([2H])c([2H])c43)c([2H])c2[2H])c([2H])c1[2H]. The molecule has 2 heterocycles. The number of oxazole rings is 1. The summed E-state index contributed by atoms with van der Waals surface area (Å²) >= 11 is 0. The van der Waals surface area contributed by atoms with E-state index in [0.717, 1.165) is 0 Å².